The first-order valence-electron chi connectivity index (χ1n) is 3.43. The first kappa shape index (κ1) is 9.60. The predicted molar refractivity (Wildman–Crippen MR) is 48.9 cm³/mol. The van der Waals surface area contributed by atoms with Crippen LogP contribution in [0.15, 0.2) is 18.9 Å². The zero-order chi connectivity index (χ0) is 8.55. The molecule has 0 aliphatic carbocycles. The number of imidazole rings is 1. The Morgan fingerprint density at radius 2 is 2.23 bits per heavy atom. The molecule has 0 saturated heterocycles. The molecule has 68 valence electrons. The third-order valence-corrected chi connectivity index (χ3v) is 1.57. The fraction of sp³-hybridized carbons (Fsp3) is 0.143. The van der Waals surface area contributed by atoms with Crippen LogP contribution in [0.1, 0.15) is 11.7 Å². The number of aromatic nitrogens is 4. The van der Waals surface area contributed by atoms with Gasteiger partial charge in [0.1, 0.15) is 18.2 Å². The van der Waals surface area contributed by atoms with Crippen molar-refractivity contribution >= 4 is 29.5 Å². The summed E-state index contributed by atoms with van der Waals surface area (Å²) < 4.78 is 1.41. The predicted octanol–water partition coefficient (Wildman–Crippen LogP) is 0.908. The zero-order valence-corrected chi connectivity index (χ0v) is 7.65. The average Bonchev–Trinajstić information content (AvgIpc) is 2.47. The van der Waals surface area contributed by atoms with Crippen molar-refractivity contribution in [3.63, 3.8) is 0 Å². The van der Waals surface area contributed by atoms with E-state index in [0.717, 1.165) is 0 Å². The third-order valence-electron chi connectivity index (χ3n) is 1.57. The number of halogens is 1. The minimum atomic E-state index is -0.0905. The summed E-state index contributed by atoms with van der Waals surface area (Å²) in [5.41, 5.74) is 1.19. The molecule has 0 N–H and O–H groups in total. The van der Waals surface area contributed by atoms with E-state index in [0.29, 0.717) is 11.2 Å². The van der Waals surface area contributed by atoms with Crippen LogP contribution >= 0.6 is 12.4 Å². The van der Waals surface area contributed by atoms with Crippen LogP contribution in [-0.2, 0) is 0 Å². The van der Waals surface area contributed by atoms with E-state index in [-0.39, 0.29) is 18.3 Å². The van der Waals surface area contributed by atoms with Crippen LogP contribution in [0.4, 0.5) is 0 Å². The maximum absolute atomic E-state index is 11.0. The van der Waals surface area contributed by atoms with Gasteiger partial charge in [0.05, 0.1) is 6.20 Å². The molecule has 0 atom stereocenters. The van der Waals surface area contributed by atoms with Gasteiger partial charge in [0, 0.05) is 6.92 Å². The quantitative estimate of drug-likeness (QED) is 0.631. The number of fused-ring (bicyclic) bond motifs is 1. The molecule has 2 aromatic rings. The molecule has 5 nitrogen and oxygen atoms in total. The van der Waals surface area contributed by atoms with Crippen molar-refractivity contribution in [1.29, 1.82) is 0 Å². The standard InChI is InChI=1S/C7H6N4O.ClH/c1-5(12)11-4-10-7-6(11)2-8-3-9-7;/h2-4H,1H3;1H. The van der Waals surface area contributed by atoms with Crippen molar-refractivity contribution in [1.82, 2.24) is 19.5 Å². The lowest BCUT2D eigenvalue weighted by Gasteiger charge is -1.93. The maximum atomic E-state index is 11.0. The number of carbonyl (C=O) groups is 1. The summed E-state index contributed by atoms with van der Waals surface area (Å²) >= 11 is 0. The molecule has 2 rings (SSSR count). The molecule has 0 spiro atoms. The molecule has 0 unspecified atom stereocenters. The van der Waals surface area contributed by atoms with Gasteiger partial charge in [-0.3, -0.25) is 9.36 Å². The van der Waals surface area contributed by atoms with Crippen molar-refractivity contribution in [3.8, 4) is 0 Å². The van der Waals surface area contributed by atoms with E-state index in [2.05, 4.69) is 15.0 Å². The van der Waals surface area contributed by atoms with Crippen LogP contribution in [0.25, 0.3) is 11.2 Å². The highest BCUT2D eigenvalue weighted by atomic mass is 35.5. The van der Waals surface area contributed by atoms with Gasteiger partial charge < -0.3 is 0 Å². The Hall–Kier alpha value is -1.49. The highest BCUT2D eigenvalue weighted by molar-refractivity contribution is 5.86. The zero-order valence-electron chi connectivity index (χ0n) is 6.84. The molecule has 0 saturated carbocycles. The molecule has 0 amide bonds. The van der Waals surface area contributed by atoms with Gasteiger partial charge >= 0.3 is 0 Å². The molecule has 0 aliphatic heterocycles. The fourth-order valence-electron chi connectivity index (χ4n) is 1.01. The Balaban J connectivity index is 0.000000845. The van der Waals surface area contributed by atoms with E-state index in [9.17, 15) is 4.79 Å². The molecule has 0 radical (unpaired) electrons. The van der Waals surface area contributed by atoms with Crippen LogP contribution in [0.5, 0.6) is 0 Å². The van der Waals surface area contributed by atoms with E-state index in [1.54, 1.807) is 6.20 Å². The molecule has 0 aromatic carbocycles. The topological polar surface area (TPSA) is 60.7 Å². The van der Waals surface area contributed by atoms with Crippen molar-refractivity contribution in [3.05, 3.63) is 18.9 Å². The van der Waals surface area contributed by atoms with Crippen LogP contribution in [0.3, 0.4) is 0 Å². The summed E-state index contributed by atoms with van der Waals surface area (Å²) in [5, 5.41) is 0. The molecular weight excluding hydrogens is 192 g/mol. The van der Waals surface area contributed by atoms with Crippen molar-refractivity contribution < 1.29 is 4.79 Å². The highest BCUT2D eigenvalue weighted by Crippen LogP contribution is 2.06. The van der Waals surface area contributed by atoms with Crippen LogP contribution in [-0.4, -0.2) is 25.4 Å². The number of hydrogen-bond acceptors (Lipinski definition) is 4. The van der Waals surface area contributed by atoms with E-state index in [1.807, 2.05) is 0 Å². The lowest BCUT2D eigenvalue weighted by molar-refractivity contribution is 0.0941. The van der Waals surface area contributed by atoms with Crippen LogP contribution in [0.2, 0.25) is 0 Å². The van der Waals surface area contributed by atoms with Crippen LogP contribution < -0.4 is 0 Å². The molecule has 2 aromatic heterocycles. The van der Waals surface area contributed by atoms with Gasteiger partial charge in [-0.25, -0.2) is 15.0 Å². The largest absolute Gasteiger partial charge is 0.274 e. The van der Waals surface area contributed by atoms with E-state index < -0.39 is 0 Å². The Morgan fingerprint density at radius 3 is 2.92 bits per heavy atom. The van der Waals surface area contributed by atoms with E-state index in [4.69, 9.17) is 0 Å². The average molecular weight is 199 g/mol. The van der Waals surface area contributed by atoms with Gasteiger partial charge in [-0.05, 0) is 0 Å². The molecule has 0 bridgehead atoms. The molecule has 6 heteroatoms. The summed E-state index contributed by atoms with van der Waals surface area (Å²) in [4.78, 5) is 22.6. The minimum absolute atomic E-state index is 0. The second-order valence-corrected chi connectivity index (χ2v) is 2.37. The SMILES string of the molecule is CC(=O)n1cnc2ncncc21.Cl. The van der Waals surface area contributed by atoms with Crippen molar-refractivity contribution in [2.45, 2.75) is 6.92 Å². The second-order valence-electron chi connectivity index (χ2n) is 2.37. The van der Waals surface area contributed by atoms with Gasteiger partial charge in [0.15, 0.2) is 5.65 Å². The second kappa shape index (κ2) is 3.49. The highest BCUT2D eigenvalue weighted by Gasteiger charge is 2.05. The normalized spacial score (nSPS) is 9.62. The fourth-order valence-corrected chi connectivity index (χ4v) is 1.01. The summed E-state index contributed by atoms with van der Waals surface area (Å²) in [6, 6.07) is 0. The first-order valence-corrected chi connectivity index (χ1v) is 3.43. The van der Waals surface area contributed by atoms with Crippen molar-refractivity contribution in [2.24, 2.45) is 0 Å². The molecule has 0 aliphatic rings. The van der Waals surface area contributed by atoms with Crippen LogP contribution in [0, 0.1) is 0 Å². The summed E-state index contributed by atoms with van der Waals surface area (Å²) in [7, 11) is 0. The first-order chi connectivity index (χ1) is 5.79. The minimum Gasteiger partial charge on any atom is -0.274 e. The van der Waals surface area contributed by atoms with Gasteiger partial charge in [-0.15, -0.1) is 12.4 Å². The maximum Gasteiger partial charge on any atom is 0.229 e. The Kier molecular flexibility index (Phi) is 2.57. The molecule has 13 heavy (non-hydrogen) atoms. The molecular formula is C7H7ClN4O. The summed E-state index contributed by atoms with van der Waals surface area (Å²) in [6.45, 7) is 1.47. The number of carbonyl (C=O) groups excluding carboxylic acids is 1. The van der Waals surface area contributed by atoms with E-state index in [1.165, 1.54) is 24.1 Å². The lowest BCUT2D eigenvalue weighted by atomic mass is 10.5. The monoisotopic (exact) mass is 198 g/mol. The number of nitrogens with zero attached hydrogens (tertiary/aromatic N) is 4. The summed E-state index contributed by atoms with van der Waals surface area (Å²) in [6.07, 6.45) is 4.41. The number of rotatable bonds is 0. The lowest BCUT2D eigenvalue weighted by Crippen LogP contribution is -2.03. The van der Waals surface area contributed by atoms with Gasteiger partial charge in [0.2, 0.25) is 5.91 Å². The van der Waals surface area contributed by atoms with E-state index >= 15 is 0 Å². The molecule has 0 fully saturated rings. The van der Waals surface area contributed by atoms with Crippen molar-refractivity contribution in [2.75, 3.05) is 0 Å². The summed E-state index contributed by atoms with van der Waals surface area (Å²) in [5.74, 6) is -0.0905. The number of hydrogen-bond donors (Lipinski definition) is 0. The Labute approximate surface area is 80.2 Å². The smallest absolute Gasteiger partial charge is 0.229 e. The van der Waals surface area contributed by atoms with Gasteiger partial charge in [-0.2, -0.15) is 0 Å². The van der Waals surface area contributed by atoms with Gasteiger partial charge in [0.25, 0.3) is 0 Å². The molecule has 2 heterocycles. The Bertz CT molecular complexity index is 439. The Morgan fingerprint density at radius 1 is 1.46 bits per heavy atom. The third kappa shape index (κ3) is 1.50. The van der Waals surface area contributed by atoms with Gasteiger partial charge in [-0.1, -0.05) is 0 Å².